The lowest BCUT2D eigenvalue weighted by Gasteiger charge is -2.11. The van der Waals surface area contributed by atoms with Crippen LogP contribution in [0.1, 0.15) is 16.7 Å². The van der Waals surface area contributed by atoms with Crippen LogP contribution in [0.3, 0.4) is 0 Å². The number of hydrogen-bond donors (Lipinski definition) is 1. The Labute approximate surface area is 183 Å². The average molecular weight is 469 g/mol. The first-order valence-electron chi connectivity index (χ1n) is 9.12. The van der Waals surface area contributed by atoms with Crippen LogP contribution in [0.15, 0.2) is 88.2 Å². The number of hydrogen-bond acceptors (Lipinski definition) is 3. The normalized spacial score (nSPS) is 11.3. The summed E-state index contributed by atoms with van der Waals surface area (Å²) in [5.74, 6) is 0.411. The molecular weight excluding hydrogens is 448 g/mol. The second-order valence-corrected chi connectivity index (χ2v) is 8.39. The zero-order valence-corrected chi connectivity index (χ0v) is 18.4. The Kier molecular flexibility index (Phi) is 7.55. The molecule has 3 aromatic carbocycles. The molecule has 0 aliphatic heterocycles. The fourth-order valence-electron chi connectivity index (χ4n) is 2.88. The number of carboxylic acid groups (broad SMARTS) is 1. The van der Waals surface area contributed by atoms with Gasteiger partial charge in [0.25, 0.3) is 0 Å². The number of aliphatic carboxylic acids is 1. The molecule has 0 radical (unpaired) electrons. The van der Waals surface area contributed by atoms with Crippen molar-refractivity contribution in [3.63, 3.8) is 0 Å². The summed E-state index contributed by atoms with van der Waals surface area (Å²) >= 11 is 5.24. The molecule has 3 nitrogen and oxygen atoms in total. The number of thioether (sulfide) groups is 1. The minimum absolute atomic E-state index is 0.331. The van der Waals surface area contributed by atoms with Gasteiger partial charge in [-0.3, -0.25) is 0 Å². The molecule has 0 fully saturated rings. The molecular formula is C24H21BrO3S. The largest absolute Gasteiger partial charge is 0.482 e. The Morgan fingerprint density at radius 2 is 1.72 bits per heavy atom. The third-order valence-electron chi connectivity index (χ3n) is 4.28. The number of carboxylic acids is 1. The smallest absolute Gasteiger partial charge is 0.341 e. The quantitative estimate of drug-likeness (QED) is 0.386. The van der Waals surface area contributed by atoms with E-state index in [0.29, 0.717) is 5.75 Å². The highest BCUT2D eigenvalue weighted by atomic mass is 79.9. The monoisotopic (exact) mass is 468 g/mol. The van der Waals surface area contributed by atoms with Crippen molar-refractivity contribution in [1.82, 2.24) is 0 Å². The van der Waals surface area contributed by atoms with Crippen molar-refractivity contribution in [2.45, 2.75) is 11.8 Å². The van der Waals surface area contributed by atoms with E-state index in [4.69, 9.17) is 9.84 Å². The summed E-state index contributed by atoms with van der Waals surface area (Å²) in [5.41, 5.74) is 4.62. The second kappa shape index (κ2) is 10.3. The zero-order chi connectivity index (χ0) is 20.6. The third-order valence-corrected chi connectivity index (χ3v) is 5.91. The molecule has 0 bridgehead atoms. The van der Waals surface area contributed by atoms with Gasteiger partial charge in [-0.1, -0.05) is 64.5 Å². The second-order valence-electron chi connectivity index (χ2n) is 6.41. The van der Waals surface area contributed by atoms with E-state index < -0.39 is 5.97 Å². The summed E-state index contributed by atoms with van der Waals surface area (Å²) < 4.78 is 6.31. The zero-order valence-electron chi connectivity index (χ0n) is 16.0. The van der Waals surface area contributed by atoms with Gasteiger partial charge < -0.3 is 9.84 Å². The van der Waals surface area contributed by atoms with Gasteiger partial charge in [-0.2, -0.15) is 0 Å². The predicted molar refractivity (Wildman–Crippen MR) is 123 cm³/mol. The van der Waals surface area contributed by atoms with Crippen molar-refractivity contribution < 1.29 is 14.6 Å². The Hall–Kier alpha value is -2.50. The first-order chi connectivity index (χ1) is 14.0. The lowest BCUT2D eigenvalue weighted by molar-refractivity contribution is -0.139. The third kappa shape index (κ3) is 6.24. The lowest BCUT2D eigenvalue weighted by Crippen LogP contribution is -2.09. The van der Waals surface area contributed by atoms with Gasteiger partial charge in [-0.15, -0.1) is 11.8 Å². The van der Waals surface area contributed by atoms with Crippen molar-refractivity contribution >= 4 is 39.2 Å². The van der Waals surface area contributed by atoms with Crippen LogP contribution in [0.4, 0.5) is 0 Å². The van der Waals surface area contributed by atoms with E-state index in [1.54, 1.807) is 11.8 Å². The Morgan fingerprint density at radius 3 is 2.38 bits per heavy atom. The highest BCUT2D eigenvalue weighted by molar-refractivity contribution is 9.10. The fourth-order valence-corrected chi connectivity index (χ4v) is 4.03. The van der Waals surface area contributed by atoms with Crippen LogP contribution in [-0.2, 0) is 4.79 Å². The van der Waals surface area contributed by atoms with Crippen molar-refractivity contribution in [3.05, 3.63) is 100 Å². The average Bonchev–Trinajstić information content (AvgIpc) is 2.72. The Balaban J connectivity index is 1.76. The summed E-state index contributed by atoms with van der Waals surface area (Å²) in [6.45, 7) is 1.68. The summed E-state index contributed by atoms with van der Waals surface area (Å²) in [7, 11) is 0. The maximum absolute atomic E-state index is 10.6. The van der Waals surface area contributed by atoms with Crippen molar-refractivity contribution in [3.8, 4) is 5.75 Å². The van der Waals surface area contributed by atoms with E-state index in [9.17, 15) is 4.79 Å². The van der Waals surface area contributed by atoms with Crippen molar-refractivity contribution in [2.24, 2.45) is 0 Å². The molecule has 0 unspecified atom stereocenters. The first kappa shape index (κ1) is 21.2. The van der Waals surface area contributed by atoms with E-state index in [2.05, 4.69) is 70.5 Å². The van der Waals surface area contributed by atoms with Gasteiger partial charge in [0.05, 0.1) is 0 Å². The van der Waals surface area contributed by atoms with E-state index >= 15 is 0 Å². The summed E-state index contributed by atoms with van der Waals surface area (Å²) in [6, 6.07) is 24.4. The van der Waals surface area contributed by atoms with Crippen LogP contribution < -0.4 is 4.74 Å². The molecule has 0 saturated carbocycles. The minimum Gasteiger partial charge on any atom is -0.482 e. The van der Waals surface area contributed by atoms with Crippen LogP contribution in [0, 0.1) is 6.92 Å². The van der Waals surface area contributed by atoms with Crippen LogP contribution in [0.2, 0.25) is 0 Å². The van der Waals surface area contributed by atoms with E-state index in [1.165, 1.54) is 16.7 Å². The number of rotatable bonds is 8. The summed E-state index contributed by atoms with van der Waals surface area (Å²) in [5, 5.41) is 8.73. The number of benzene rings is 3. The molecule has 29 heavy (non-hydrogen) atoms. The molecule has 1 N–H and O–H groups in total. The van der Waals surface area contributed by atoms with Crippen molar-refractivity contribution in [1.29, 1.82) is 0 Å². The van der Waals surface area contributed by atoms with Gasteiger partial charge >= 0.3 is 5.97 Å². The van der Waals surface area contributed by atoms with Crippen LogP contribution in [0.5, 0.6) is 5.75 Å². The Morgan fingerprint density at radius 1 is 1.03 bits per heavy atom. The lowest BCUT2D eigenvalue weighted by atomic mass is 9.98. The molecule has 3 aromatic rings. The van der Waals surface area contributed by atoms with Gasteiger partial charge in [0.2, 0.25) is 0 Å². The topological polar surface area (TPSA) is 46.5 Å². The van der Waals surface area contributed by atoms with E-state index in [-0.39, 0.29) is 6.61 Å². The molecule has 0 saturated heterocycles. The molecule has 0 aliphatic rings. The van der Waals surface area contributed by atoms with Gasteiger partial charge in [0.1, 0.15) is 5.75 Å². The van der Waals surface area contributed by atoms with Gasteiger partial charge in [-0.25, -0.2) is 4.79 Å². The Bertz CT molecular complexity index is 998. The molecule has 0 spiro atoms. The van der Waals surface area contributed by atoms with Crippen LogP contribution in [0.25, 0.3) is 5.57 Å². The molecule has 0 heterocycles. The van der Waals surface area contributed by atoms with Crippen molar-refractivity contribution in [2.75, 3.05) is 12.4 Å². The van der Waals surface area contributed by atoms with Crippen LogP contribution >= 0.6 is 27.7 Å². The van der Waals surface area contributed by atoms with Gasteiger partial charge in [0.15, 0.2) is 6.61 Å². The fraction of sp³-hybridized carbons (Fsp3) is 0.125. The minimum atomic E-state index is -0.979. The number of carbonyl (C=O) groups is 1. The molecule has 5 heteroatoms. The molecule has 0 amide bonds. The van der Waals surface area contributed by atoms with Crippen LogP contribution in [-0.4, -0.2) is 23.4 Å². The highest BCUT2D eigenvalue weighted by Crippen LogP contribution is 2.29. The summed E-state index contributed by atoms with van der Waals surface area (Å²) in [4.78, 5) is 11.8. The molecule has 0 aromatic heterocycles. The number of aryl methyl sites for hydroxylation is 1. The molecule has 3 rings (SSSR count). The predicted octanol–water partition coefficient (Wildman–Crippen LogP) is 6.44. The number of halogens is 1. The molecule has 0 atom stereocenters. The molecule has 148 valence electrons. The van der Waals surface area contributed by atoms with Gasteiger partial charge in [0, 0.05) is 15.1 Å². The highest BCUT2D eigenvalue weighted by Gasteiger charge is 2.07. The van der Waals surface area contributed by atoms with E-state index in [0.717, 1.165) is 20.7 Å². The summed E-state index contributed by atoms with van der Waals surface area (Å²) in [6.07, 6.45) is 2.25. The maximum atomic E-state index is 10.6. The maximum Gasteiger partial charge on any atom is 0.341 e. The van der Waals surface area contributed by atoms with E-state index in [1.807, 2.05) is 31.2 Å². The standard InChI is InChI=1S/C24H21BrO3S/c1-17-15-21(28-16-24(26)27)11-12-23(17)29-14-13-22(18-5-3-2-4-6-18)19-7-9-20(25)10-8-19/h2-13,15H,14,16H2,1H3,(H,26,27). The molecule has 0 aliphatic carbocycles. The van der Waals surface area contributed by atoms with Gasteiger partial charge in [-0.05, 0) is 59.5 Å². The number of ether oxygens (including phenoxy) is 1. The first-order valence-corrected chi connectivity index (χ1v) is 10.9. The SMILES string of the molecule is Cc1cc(OCC(=O)O)ccc1SCC=C(c1ccccc1)c1ccc(Br)cc1.